The molecule has 0 spiro atoms. The number of halogens is 3. The van der Waals surface area contributed by atoms with Gasteiger partial charge in [0.15, 0.2) is 11.6 Å². The molecule has 0 atom stereocenters. The molecule has 1 aromatic carbocycles. The molecule has 0 N–H and O–H groups in total. The number of hydrogen-bond acceptors (Lipinski definition) is 2. The van der Waals surface area contributed by atoms with Crippen molar-refractivity contribution in [1.82, 2.24) is 9.97 Å². The van der Waals surface area contributed by atoms with Gasteiger partial charge in [0.25, 0.3) is 0 Å². The molecule has 13 heavy (non-hydrogen) atoms. The number of aromatic nitrogens is 2. The summed E-state index contributed by atoms with van der Waals surface area (Å²) in [5.74, 6) is -1.98. The number of hydrogen-bond donors (Lipinski definition) is 0. The van der Waals surface area contributed by atoms with E-state index in [1.54, 1.807) is 0 Å². The molecule has 0 saturated carbocycles. The lowest BCUT2D eigenvalue weighted by atomic mass is 10.3. The highest BCUT2D eigenvalue weighted by atomic mass is 35.5. The maximum absolute atomic E-state index is 13.0. The van der Waals surface area contributed by atoms with Gasteiger partial charge in [-0.1, -0.05) is 11.6 Å². The summed E-state index contributed by atoms with van der Waals surface area (Å²) in [5, 5.41) is 0.0389. The number of nitrogens with zero attached hydrogens (tertiary/aromatic N) is 2. The second kappa shape index (κ2) is 2.88. The van der Waals surface area contributed by atoms with Gasteiger partial charge in [-0.05, 0) is 12.1 Å². The van der Waals surface area contributed by atoms with Crippen LogP contribution >= 0.6 is 11.6 Å². The highest BCUT2D eigenvalue weighted by Gasteiger charge is 2.09. The van der Waals surface area contributed by atoms with E-state index in [9.17, 15) is 8.78 Å². The van der Waals surface area contributed by atoms with E-state index >= 15 is 0 Å². The fraction of sp³-hybridized carbons (Fsp3) is 0. The van der Waals surface area contributed by atoms with Crippen LogP contribution in [-0.2, 0) is 0 Å². The molecule has 0 unspecified atom stereocenters. The van der Waals surface area contributed by atoms with Crippen LogP contribution in [0.1, 0.15) is 0 Å². The van der Waals surface area contributed by atoms with Crippen LogP contribution in [0.3, 0.4) is 0 Å². The van der Waals surface area contributed by atoms with Crippen molar-refractivity contribution in [3.8, 4) is 0 Å². The van der Waals surface area contributed by atoms with Crippen molar-refractivity contribution in [3.05, 3.63) is 35.1 Å². The van der Waals surface area contributed by atoms with Crippen molar-refractivity contribution >= 4 is 22.6 Å². The Balaban J connectivity index is 2.89. The molecule has 0 saturated heterocycles. The zero-order valence-electron chi connectivity index (χ0n) is 6.26. The van der Waals surface area contributed by atoms with Crippen molar-refractivity contribution in [2.45, 2.75) is 0 Å². The molecule has 66 valence electrons. The maximum Gasteiger partial charge on any atom is 0.186 e. The van der Waals surface area contributed by atoms with Gasteiger partial charge in [-0.15, -0.1) is 0 Å². The summed E-state index contributed by atoms with van der Waals surface area (Å²) in [6.07, 6.45) is 1.28. The van der Waals surface area contributed by atoms with Crippen LogP contribution < -0.4 is 0 Å². The first-order valence-corrected chi connectivity index (χ1v) is 3.82. The molecule has 2 aromatic rings. The van der Waals surface area contributed by atoms with Gasteiger partial charge in [-0.25, -0.2) is 13.8 Å². The Morgan fingerprint density at radius 3 is 2.77 bits per heavy atom. The maximum atomic E-state index is 13.0. The average Bonchev–Trinajstić information content (AvgIpc) is 2.12. The summed E-state index contributed by atoms with van der Waals surface area (Å²) in [5.41, 5.74) is 0.135. The molecule has 5 heteroatoms. The normalized spacial score (nSPS) is 10.7. The van der Waals surface area contributed by atoms with Gasteiger partial charge in [-0.3, -0.25) is 4.98 Å². The Morgan fingerprint density at radius 1 is 1.23 bits per heavy atom. The first kappa shape index (κ1) is 8.31. The van der Waals surface area contributed by atoms with E-state index in [-0.39, 0.29) is 16.2 Å². The summed E-state index contributed by atoms with van der Waals surface area (Å²) < 4.78 is 25.7. The van der Waals surface area contributed by atoms with E-state index in [0.717, 1.165) is 6.07 Å². The molecule has 0 aliphatic carbocycles. The van der Waals surface area contributed by atoms with Gasteiger partial charge < -0.3 is 0 Å². The van der Waals surface area contributed by atoms with E-state index in [1.807, 2.05) is 0 Å². The van der Waals surface area contributed by atoms with Crippen LogP contribution in [0, 0.1) is 11.6 Å². The Bertz CT molecular complexity index is 468. The third-order valence-electron chi connectivity index (χ3n) is 1.58. The third-order valence-corrected chi connectivity index (χ3v) is 1.76. The lowest BCUT2D eigenvalue weighted by Gasteiger charge is -1.98. The fourth-order valence-electron chi connectivity index (χ4n) is 0.999. The summed E-state index contributed by atoms with van der Waals surface area (Å²) in [4.78, 5) is 7.41. The average molecular weight is 201 g/mol. The molecule has 0 bridgehead atoms. The van der Waals surface area contributed by atoms with Crippen molar-refractivity contribution in [3.63, 3.8) is 0 Å². The standard InChI is InChI=1S/C8H3ClF2N2/c9-6-3-12-5-2-1-4(10)7(11)8(5)13-6/h1-3H. The van der Waals surface area contributed by atoms with E-state index in [2.05, 4.69) is 9.97 Å². The Hall–Kier alpha value is -1.29. The molecule has 0 radical (unpaired) electrons. The Morgan fingerprint density at radius 2 is 2.00 bits per heavy atom. The monoisotopic (exact) mass is 200 g/mol. The fourth-order valence-corrected chi connectivity index (χ4v) is 1.13. The number of fused-ring (bicyclic) bond motifs is 1. The zero-order chi connectivity index (χ0) is 9.42. The quantitative estimate of drug-likeness (QED) is 0.653. The minimum Gasteiger partial charge on any atom is -0.251 e. The molecule has 2 nitrogen and oxygen atoms in total. The highest BCUT2D eigenvalue weighted by Crippen LogP contribution is 2.17. The lowest BCUT2D eigenvalue weighted by molar-refractivity contribution is 0.515. The van der Waals surface area contributed by atoms with Crippen LogP contribution in [0.4, 0.5) is 8.78 Å². The van der Waals surface area contributed by atoms with Gasteiger partial charge in [-0.2, -0.15) is 0 Å². The summed E-state index contributed by atoms with van der Waals surface area (Å²) >= 11 is 5.48. The number of benzene rings is 1. The molecule has 0 fully saturated rings. The van der Waals surface area contributed by atoms with Crippen molar-refractivity contribution in [2.24, 2.45) is 0 Å². The second-order valence-electron chi connectivity index (χ2n) is 2.42. The van der Waals surface area contributed by atoms with E-state index in [4.69, 9.17) is 11.6 Å². The summed E-state index contributed by atoms with van der Waals surface area (Å²) in [7, 11) is 0. The van der Waals surface area contributed by atoms with Crippen LogP contribution in [-0.4, -0.2) is 9.97 Å². The highest BCUT2D eigenvalue weighted by molar-refractivity contribution is 6.29. The van der Waals surface area contributed by atoms with Crippen LogP contribution in [0.15, 0.2) is 18.3 Å². The van der Waals surface area contributed by atoms with Gasteiger partial charge in [0, 0.05) is 0 Å². The molecule has 2 rings (SSSR count). The van der Waals surface area contributed by atoms with Crippen molar-refractivity contribution in [2.75, 3.05) is 0 Å². The molecule has 0 aliphatic heterocycles. The van der Waals surface area contributed by atoms with E-state index in [0.29, 0.717) is 0 Å². The molecule has 1 aromatic heterocycles. The zero-order valence-corrected chi connectivity index (χ0v) is 7.02. The van der Waals surface area contributed by atoms with Crippen LogP contribution in [0.2, 0.25) is 5.15 Å². The van der Waals surface area contributed by atoms with Crippen molar-refractivity contribution in [1.29, 1.82) is 0 Å². The van der Waals surface area contributed by atoms with Gasteiger partial charge in [0.05, 0.1) is 11.7 Å². The van der Waals surface area contributed by atoms with Crippen LogP contribution in [0.25, 0.3) is 11.0 Å². The minimum absolute atomic E-state index is 0.0389. The Labute approximate surface area is 77.2 Å². The minimum atomic E-state index is -1.02. The molecule has 1 heterocycles. The molecule has 0 aliphatic rings. The summed E-state index contributed by atoms with van der Waals surface area (Å²) in [6, 6.07) is 2.34. The predicted molar refractivity (Wildman–Crippen MR) is 44.5 cm³/mol. The lowest BCUT2D eigenvalue weighted by Crippen LogP contribution is -1.91. The SMILES string of the molecule is Fc1ccc2ncc(Cl)nc2c1F. The largest absolute Gasteiger partial charge is 0.251 e. The van der Waals surface area contributed by atoms with E-state index in [1.165, 1.54) is 12.3 Å². The third kappa shape index (κ3) is 1.33. The Kier molecular flexibility index (Phi) is 1.84. The predicted octanol–water partition coefficient (Wildman–Crippen LogP) is 2.56. The van der Waals surface area contributed by atoms with Crippen LogP contribution in [0.5, 0.6) is 0 Å². The topological polar surface area (TPSA) is 25.8 Å². The molecular weight excluding hydrogens is 198 g/mol. The first-order valence-electron chi connectivity index (χ1n) is 3.45. The number of rotatable bonds is 0. The second-order valence-corrected chi connectivity index (χ2v) is 2.81. The van der Waals surface area contributed by atoms with Gasteiger partial charge in [0.1, 0.15) is 10.7 Å². The van der Waals surface area contributed by atoms with Gasteiger partial charge in [0.2, 0.25) is 0 Å². The van der Waals surface area contributed by atoms with Crippen molar-refractivity contribution < 1.29 is 8.78 Å². The molecule has 0 amide bonds. The van der Waals surface area contributed by atoms with Gasteiger partial charge >= 0.3 is 0 Å². The smallest absolute Gasteiger partial charge is 0.186 e. The van der Waals surface area contributed by atoms with E-state index < -0.39 is 11.6 Å². The first-order chi connectivity index (χ1) is 6.18. The molecular formula is C8H3ClF2N2. The summed E-state index contributed by atoms with van der Waals surface area (Å²) in [6.45, 7) is 0.